The van der Waals surface area contributed by atoms with Crippen LogP contribution in [0.25, 0.3) is 11.1 Å². The number of anilines is 1. The third kappa shape index (κ3) is 5.16. The fourth-order valence-corrected chi connectivity index (χ4v) is 2.91. The van der Waals surface area contributed by atoms with Crippen molar-refractivity contribution in [2.45, 2.75) is 18.2 Å². The number of fused-ring (bicyclic) bond motifs is 1. The minimum absolute atomic E-state index is 0.398. The van der Waals surface area contributed by atoms with Gasteiger partial charge in [0, 0.05) is 7.05 Å². The number of aromatic nitrogens is 1. The number of hydrogen-bond acceptors (Lipinski definition) is 6. The first-order valence-electron chi connectivity index (χ1n) is 9.07. The molecule has 7 heteroatoms. The van der Waals surface area contributed by atoms with Gasteiger partial charge in [0.15, 0.2) is 5.58 Å². The van der Waals surface area contributed by atoms with Crippen LogP contribution in [-0.2, 0) is 16.0 Å². The van der Waals surface area contributed by atoms with Gasteiger partial charge in [0.2, 0.25) is 0 Å². The van der Waals surface area contributed by atoms with E-state index >= 15 is 0 Å². The minimum atomic E-state index is -0.622. The van der Waals surface area contributed by atoms with Crippen molar-refractivity contribution in [3.63, 3.8) is 0 Å². The van der Waals surface area contributed by atoms with Crippen LogP contribution in [0.2, 0.25) is 0 Å². The molecule has 148 valence electrons. The number of methoxy groups -OCH3 is 1. The Morgan fingerprint density at radius 3 is 2.68 bits per heavy atom. The molecule has 0 fully saturated rings. The molecule has 0 amide bonds. The van der Waals surface area contributed by atoms with Crippen molar-refractivity contribution in [3.05, 3.63) is 54.1 Å². The Morgan fingerprint density at radius 2 is 1.96 bits per heavy atom. The van der Waals surface area contributed by atoms with Crippen molar-refractivity contribution in [2.75, 3.05) is 32.2 Å². The third-order valence-electron chi connectivity index (χ3n) is 4.37. The fourth-order valence-electron chi connectivity index (χ4n) is 2.71. The number of esters is 1. The zero-order chi connectivity index (χ0) is 19.9. The molecule has 0 saturated carbocycles. The molecule has 3 rings (SSSR count). The Balaban J connectivity index is 1.45. The average molecular weight is 403 g/mol. The van der Waals surface area contributed by atoms with Gasteiger partial charge < -0.3 is 18.8 Å². The van der Waals surface area contributed by atoms with Crippen molar-refractivity contribution in [2.24, 2.45) is 0 Å². The van der Waals surface area contributed by atoms with Gasteiger partial charge in [-0.3, -0.25) is 4.79 Å². The predicted molar refractivity (Wildman–Crippen MR) is 109 cm³/mol. The molecule has 0 saturated heterocycles. The van der Waals surface area contributed by atoms with Crippen molar-refractivity contribution in [3.8, 4) is 5.75 Å². The highest BCUT2D eigenvalue weighted by Crippen LogP contribution is 2.21. The lowest BCUT2D eigenvalue weighted by Crippen LogP contribution is -2.23. The van der Waals surface area contributed by atoms with E-state index in [1.807, 2.05) is 60.5 Å². The summed E-state index contributed by atoms with van der Waals surface area (Å²) in [4.78, 5) is 17.7. The van der Waals surface area contributed by atoms with Crippen LogP contribution in [0.5, 0.6) is 5.75 Å². The second-order valence-corrected chi connectivity index (χ2v) is 6.93. The monoisotopic (exact) mass is 402 g/mol. The molecular formula is C21H23ClN2O4. The number of hydrogen-bond donors (Lipinski definition) is 0. The van der Waals surface area contributed by atoms with Crippen molar-refractivity contribution >= 4 is 34.7 Å². The summed E-state index contributed by atoms with van der Waals surface area (Å²) in [5.41, 5.74) is 2.70. The molecule has 1 unspecified atom stereocenters. The molecule has 1 atom stereocenters. The second kappa shape index (κ2) is 9.46. The van der Waals surface area contributed by atoms with Gasteiger partial charge in [0.05, 0.1) is 13.7 Å². The highest BCUT2D eigenvalue weighted by atomic mass is 35.5. The number of rotatable bonds is 9. The third-order valence-corrected chi connectivity index (χ3v) is 4.77. The Kier molecular flexibility index (Phi) is 6.76. The van der Waals surface area contributed by atoms with Crippen molar-refractivity contribution in [1.82, 2.24) is 4.98 Å². The number of likely N-dealkylation sites (N-methyl/N-ethyl adjacent to an activating group) is 1. The largest absolute Gasteiger partial charge is 0.492 e. The van der Waals surface area contributed by atoms with Crippen LogP contribution in [0.1, 0.15) is 12.0 Å². The van der Waals surface area contributed by atoms with Crippen molar-refractivity contribution < 1.29 is 18.7 Å². The maximum absolute atomic E-state index is 11.3. The van der Waals surface area contributed by atoms with E-state index in [0.29, 0.717) is 32.0 Å². The van der Waals surface area contributed by atoms with Gasteiger partial charge in [-0.15, -0.1) is 11.6 Å². The molecule has 1 heterocycles. The maximum atomic E-state index is 11.3. The van der Waals surface area contributed by atoms with Gasteiger partial charge in [-0.2, -0.15) is 4.98 Å². The van der Waals surface area contributed by atoms with Crippen LogP contribution >= 0.6 is 11.6 Å². The minimum Gasteiger partial charge on any atom is -0.492 e. The van der Waals surface area contributed by atoms with Crippen LogP contribution in [0.3, 0.4) is 0 Å². The molecule has 0 aliphatic rings. The molecule has 0 aliphatic carbocycles. The van der Waals surface area contributed by atoms with E-state index in [1.54, 1.807) is 0 Å². The predicted octanol–water partition coefficient (Wildman–Crippen LogP) is 4.06. The average Bonchev–Trinajstić information content (AvgIpc) is 3.16. The van der Waals surface area contributed by atoms with Crippen LogP contribution in [-0.4, -0.2) is 43.6 Å². The van der Waals surface area contributed by atoms with Crippen LogP contribution in [0, 0.1) is 0 Å². The summed E-state index contributed by atoms with van der Waals surface area (Å²) >= 11 is 5.97. The van der Waals surface area contributed by atoms with Gasteiger partial charge >= 0.3 is 5.97 Å². The van der Waals surface area contributed by atoms with E-state index in [4.69, 9.17) is 20.8 Å². The smallest absolute Gasteiger partial charge is 0.323 e. The molecule has 3 aromatic rings. The summed E-state index contributed by atoms with van der Waals surface area (Å²) in [6.45, 7) is 1.14. The second-order valence-electron chi connectivity index (χ2n) is 6.41. The van der Waals surface area contributed by atoms with Crippen LogP contribution in [0.4, 0.5) is 6.01 Å². The highest BCUT2D eigenvalue weighted by Gasteiger charge is 2.15. The number of alkyl halides is 1. The summed E-state index contributed by atoms with van der Waals surface area (Å²) in [6, 6.07) is 16.0. The lowest BCUT2D eigenvalue weighted by atomic mass is 10.1. The van der Waals surface area contributed by atoms with Crippen LogP contribution < -0.4 is 9.64 Å². The molecule has 6 nitrogen and oxygen atoms in total. The lowest BCUT2D eigenvalue weighted by molar-refractivity contribution is -0.140. The first kappa shape index (κ1) is 20.0. The number of benzene rings is 2. The Hall–Kier alpha value is -2.73. The first-order chi connectivity index (χ1) is 13.6. The maximum Gasteiger partial charge on any atom is 0.323 e. The Morgan fingerprint density at radius 1 is 1.21 bits per heavy atom. The molecule has 2 aromatic carbocycles. The molecule has 1 aromatic heterocycles. The SMILES string of the molecule is COC(=O)C(Cl)CCc1ccc(OCCN(C)c2nc3ccccc3o2)cc1. The molecule has 0 N–H and O–H groups in total. The van der Waals surface area contributed by atoms with E-state index in [1.165, 1.54) is 7.11 Å². The molecule has 0 bridgehead atoms. The number of aryl methyl sites for hydroxylation is 1. The number of carbonyl (C=O) groups excluding carboxylic acids is 1. The normalized spacial score (nSPS) is 12.0. The highest BCUT2D eigenvalue weighted by molar-refractivity contribution is 6.29. The van der Waals surface area contributed by atoms with E-state index in [2.05, 4.69) is 9.72 Å². The van der Waals surface area contributed by atoms with Crippen LogP contribution in [0.15, 0.2) is 52.9 Å². The molecule has 0 radical (unpaired) electrons. The molecule has 0 aliphatic heterocycles. The number of nitrogens with zero attached hydrogens (tertiary/aromatic N) is 2. The lowest BCUT2D eigenvalue weighted by Gasteiger charge is -2.15. The topological polar surface area (TPSA) is 64.8 Å². The molecule has 28 heavy (non-hydrogen) atoms. The van der Waals surface area contributed by atoms with E-state index in [9.17, 15) is 4.79 Å². The summed E-state index contributed by atoms with van der Waals surface area (Å²) in [7, 11) is 3.26. The Bertz CT molecular complexity index is 877. The quantitative estimate of drug-likeness (QED) is 0.397. The standard InChI is InChI=1S/C21H23ClN2O4/c1-24(21-23-18-5-3-4-6-19(18)28-21)13-14-27-16-10-7-15(8-11-16)9-12-17(22)20(25)26-2/h3-8,10-11,17H,9,12-14H2,1-2H3. The Labute approximate surface area is 169 Å². The molecule has 0 spiro atoms. The summed E-state index contributed by atoms with van der Waals surface area (Å²) in [5.74, 6) is 0.384. The summed E-state index contributed by atoms with van der Waals surface area (Å²) < 4.78 is 16.2. The number of carbonyl (C=O) groups is 1. The van der Waals surface area contributed by atoms with E-state index in [0.717, 1.165) is 22.4 Å². The zero-order valence-corrected chi connectivity index (χ0v) is 16.7. The van der Waals surface area contributed by atoms with E-state index in [-0.39, 0.29) is 0 Å². The van der Waals surface area contributed by atoms with E-state index < -0.39 is 11.3 Å². The number of oxazole rings is 1. The molecular weight excluding hydrogens is 380 g/mol. The fraction of sp³-hybridized carbons (Fsp3) is 0.333. The summed E-state index contributed by atoms with van der Waals surface area (Å²) in [5, 5.41) is -0.622. The van der Waals surface area contributed by atoms with Gasteiger partial charge in [-0.25, -0.2) is 0 Å². The zero-order valence-electron chi connectivity index (χ0n) is 15.9. The van der Waals surface area contributed by atoms with Gasteiger partial charge in [-0.05, 0) is 42.7 Å². The van der Waals surface area contributed by atoms with Gasteiger partial charge in [-0.1, -0.05) is 24.3 Å². The van der Waals surface area contributed by atoms with Gasteiger partial charge in [0.25, 0.3) is 6.01 Å². The van der Waals surface area contributed by atoms with Gasteiger partial charge in [0.1, 0.15) is 23.3 Å². The number of halogens is 1. The number of ether oxygens (including phenoxy) is 2. The number of para-hydroxylation sites is 2. The van der Waals surface area contributed by atoms with Crippen molar-refractivity contribution in [1.29, 1.82) is 0 Å². The summed E-state index contributed by atoms with van der Waals surface area (Å²) in [6.07, 6.45) is 1.23. The first-order valence-corrected chi connectivity index (χ1v) is 9.51.